The fourth-order valence-electron chi connectivity index (χ4n) is 2.15. The molecule has 0 atom stereocenters. The van der Waals surface area contributed by atoms with Crippen LogP contribution in [0.2, 0.25) is 0 Å². The van der Waals surface area contributed by atoms with E-state index in [1.165, 1.54) is 18.2 Å². The van der Waals surface area contributed by atoms with E-state index in [0.29, 0.717) is 6.54 Å². The monoisotopic (exact) mass is 386 g/mol. The number of halogens is 2. The van der Waals surface area contributed by atoms with Crippen molar-refractivity contribution >= 4 is 42.1 Å². The van der Waals surface area contributed by atoms with E-state index in [-0.39, 0.29) is 41.8 Å². The Bertz CT molecular complexity index is 699. The molecule has 0 aliphatic rings. The molecule has 1 heterocycles. The van der Waals surface area contributed by atoms with Gasteiger partial charge in [-0.15, -0.1) is 24.8 Å². The van der Waals surface area contributed by atoms with Gasteiger partial charge in [0.05, 0.1) is 10.5 Å². The van der Waals surface area contributed by atoms with Gasteiger partial charge >= 0.3 is 0 Å². The van der Waals surface area contributed by atoms with E-state index < -0.39 is 10.8 Å². The standard InChI is InChI=1S/C16H18N4O3.2ClH/c17-15-7-6-13(20(22)23)10-14(15)16(21)19-9-2-1-4-12-5-3-8-18-11-12;;/h3,5-8,10-11H,1-2,4,9,17H2,(H,19,21);2*1H. The summed E-state index contributed by atoms with van der Waals surface area (Å²) in [5.41, 5.74) is 7.07. The quantitative estimate of drug-likeness (QED) is 0.328. The Hall–Kier alpha value is -2.38. The van der Waals surface area contributed by atoms with Crippen LogP contribution in [0, 0.1) is 10.1 Å². The number of hydrogen-bond donors (Lipinski definition) is 2. The number of rotatable bonds is 7. The Balaban J connectivity index is 0.00000288. The highest BCUT2D eigenvalue weighted by molar-refractivity contribution is 5.99. The van der Waals surface area contributed by atoms with E-state index >= 15 is 0 Å². The van der Waals surface area contributed by atoms with Crippen LogP contribution in [0.1, 0.15) is 28.8 Å². The summed E-state index contributed by atoms with van der Waals surface area (Å²) in [6.07, 6.45) is 6.16. The molecular weight excluding hydrogens is 367 g/mol. The van der Waals surface area contributed by atoms with Crippen LogP contribution in [0.5, 0.6) is 0 Å². The van der Waals surface area contributed by atoms with Crippen LogP contribution in [-0.2, 0) is 6.42 Å². The first-order valence-electron chi connectivity index (χ1n) is 7.29. The number of amides is 1. The molecule has 0 fully saturated rings. The van der Waals surface area contributed by atoms with Crippen molar-refractivity contribution in [1.82, 2.24) is 10.3 Å². The summed E-state index contributed by atoms with van der Waals surface area (Å²) in [7, 11) is 0. The molecule has 1 aromatic heterocycles. The molecule has 0 saturated carbocycles. The van der Waals surface area contributed by atoms with Gasteiger partial charge in [-0.05, 0) is 37.0 Å². The predicted molar refractivity (Wildman–Crippen MR) is 102 cm³/mol. The number of nitrogens with two attached hydrogens (primary N) is 1. The molecule has 0 spiro atoms. The molecule has 0 aliphatic heterocycles. The minimum absolute atomic E-state index is 0. The summed E-state index contributed by atoms with van der Waals surface area (Å²) < 4.78 is 0. The van der Waals surface area contributed by atoms with E-state index in [9.17, 15) is 14.9 Å². The Morgan fingerprint density at radius 1 is 1.24 bits per heavy atom. The molecule has 25 heavy (non-hydrogen) atoms. The number of nitrogen functional groups attached to an aromatic ring is 1. The van der Waals surface area contributed by atoms with Crippen molar-refractivity contribution in [2.24, 2.45) is 0 Å². The second-order valence-electron chi connectivity index (χ2n) is 5.10. The number of nitro benzene ring substituents is 1. The fraction of sp³-hybridized carbons (Fsp3) is 0.250. The highest BCUT2D eigenvalue weighted by atomic mass is 35.5. The average Bonchev–Trinajstić information content (AvgIpc) is 2.55. The normalized spacial score (nSPS) is 9.44. The van der Waals surface area contributed by atoms with Crippen LogP contribution in [0.25, 0.3) is 0 Å². The van der Waals surface area contributed by atoms with Gasteiger partial charge in [-0.25, -0.2) is 0 Å². The molecular formula is C16H20Cl2N4O3. The van der Waals surface area contributed by atoms with E-state index in [0.717, 1.165) is 24.8 Å². The summed E-state index contributed by atoms with van der Waals surface area (Å²) in [5.74, 6) is -0.396. The first kappa shape index (κ1) is 22.6. The van der Waals surface area contributed by atoms with Crippen LogP contribution >= 0.6 is 24.8 Å². The molecule has 1 aromatic carbocycles. The highest BCUT2D eigenvalue weighted by Crippen LogP contribution is 2.19. The number of carbonyl (C=O) groups excluding carboxylic acids is 1. The maximum atomic E-state index is 12.0. The van der Waals surface area contributed by atoms with Gasteiger partial charge in [-0.1, -0.05) is 6.07 Å². The Morgan fingerprint density at radius 3 is 2.64 bits per heavy atom. The molecule has 0 saturated heterocycles. The lowest BCUT2D eigenvalue weighted by atomic mass is 10.1. The van der Waals surface area contributed by atoms with Crippen molar-refractivity contribution in [3.63, 3.8) is 0 Å². The zero-order valence-corrected chi connectivity index (χ0v) is 15.0. The van der Waals surface area contributed by atoms with Crippen molar-refractivity contribution in [2.45, 2.75) is 19.3 Å². The molecule has 0 unspecified atom stereocenters. The van der Waals surface area contributed by atoms with Gasteiger partial charge in [-0.2, -0.15) is 0 Å². The summed E-state index contributed by atoms with van der Waals surface area (Å²) in [4.78, 5) is 26.3. The van der Waals surface area contributed by atoms with Gasteiger partial charge in [0.2, 0.25) is 0 Å². The van der Waals surface area contributed by atoms with E-state index in [4.69, 9.17) is 5.73 Å². The van der Waals surface area contributed by atoms with E-state index in [1.807, 2.05) is 18.3 Å². The fourth-order valence-corrected chi connectivity index (χ4v) is 2.15. The Kier molecular flexibility index (Phi) is 10.2. The topological polar surface area (TPSA) is 111 Å². The largest absolute Gasteiger partial charge is 0.398 e. The molecule has 1 amide bonds. The van der Waals surface area contributed by atoms with Gasteiger partial charge in [0, 0.05) is 36.8 Å². The summed E-state index contributed by atoms with van der Waals surface area (Å²) >= 11 is 0. The molecule has 0 aliphatic carbocycles. The van der Waals surface area contributed by atoms with Crippen LogP contribution in [0.3, 0.4) is 0 Å². The van der Waals surface area contributed by atoms with E-state index in [2.05, 4.69) is 10.3 Å². The van der Waals surface area contributed by atoms with Gasteiger partial charge in [0.1, 0.15) is 0 Å². The molecule has 2 aromatic rings. The number of nitrogens with one attached hydrogen (secondary N) is 1. The summed E-state index contributed by atoms with van der Waals surface area (Å²) in [6, 6.07) is 7.74. The minimum atomic E-state index is -0.551. The Labute approximate surface area is 158 Å². The number of nitro groups is 1. The number of anilines is 1. The third-order valence-electron chi connectivity index (χ3n) is 3.39. The van der Waals surface area contributed by atoms with Crippen molar-refractivity contribution in [1.29, 1.82) is 0 Å². The number of aromatic nitrogens is 1. The molecule has 136 valence electrons. The lowest BCUT2D eigenvalue weighted by molar-refractivity contribution is -0.384. The third kappa shape index (κ3) is 6.94. The van der Waals surface area contributed by atoms with E-state index in [1.54, 1.807) is 6.20 Å². The van der Waals surface area contributed by atoms with Crippen molar-refractivity contribution < 1.29 is 9.72 Å². The molecule has 0 radical (unpaired) electrons. The average molecular weight is 387 g/mol. The van der Waals surface area contributed by atoms with Crippen LogP contribution in [0.4, 0.5) is 11.4 Å². The van der Waals surface area contributed by atoms with Crippen LogP contribution in [-0.4, -0.2) is 22.4 Å². The Morgan fingerprint density at radius 2 is 2.00 bits per heavy atom. The maximum absolute atomic E-state index is 12.0. The summed E-state index contributed by atoms with van der Waals surface area (Å²) in [5, 5.41) is 13.5. The first-order valence-corrected chi connectivity index (χ1v) is 7.29. The molecule has 7 nitrogen and oxygen atoms in total. The number of carbonyl (C=O) groups is 1. The van der Waals surface area contributed by atoms with Crippen molar-refractivity contribution in [3.8, 4) is 0 Å². The zero-order valence-electron chi connectivity index (χ0n) is 13.4. The second kappa shape index (κ2) is 11.2. The molecule has 9 heteroatoms. The first-order chi connectivity index (χ1) is 11.1. The number of aryl methyl sites for hydroxylation is 1. The third-order valence-corrected chi connectivity index (χ3v) is 3.39. The second-order valence-corrected chi connectivity index (χ2v) is 5.10. The predicted octanol–water partition coefficient (Wildman–Crippen LogP) is 3.17. The lowest BCUT2D eigenvalue weighted by Gasteiger charge is -2.07. The lowest BCUT2D eigenvalue weighted by Crippen LogP contribution is -2.25. The van der Waals surface area contributed by atoms with Gasteiger partial charge in [0.15, 0.2) is 0 Å². The maximum Gasteiger partial charge on any atom is 0.270 e. The highest BCUT2D eigenvalue weighted by Gasteiger charge is 2.14. The van der Waals surface area contributed by atoms with Crippen LogP contribution < -0.4 is 11.1 Å². The minimum Gasteiger partial charge on any atom is -0.398 e. The molecule has 2 rings (SSSR count). The van der Waals surface area contributed by atoms with Gasteiger partial charge < -0.3 is 11.1 Å². The van der Waals surface area contributed by atoms with Crippen molar-refractivity contribution in [3.05, 3.63) is 64.0 Å². The van der Waals surface area contributed by atoms with Gasteiger partial charge in [-0.3, -0.25) is 19.9 Å². The number of pyridine rings is 1. The SMILES string of the molecule is Cl.Cl.Nc1ccc([N+](=O)[O-])cc1C(=O)NCCCCc1cccnc1. The number of unbranched alkanes of at least 4 members (excludes halogenated alkanes) is 1. The number of benzene rings is 1. The smallest absolute Gasteiger partial charge is 0.270 e. The molecule has 3 N–H and O–H groups in total. The number of non-ortho nitro benzene ring substituents is 1. The summed E-state index contributed by atoms with van der Waals surface area (Å²) in [6.45, 7) is 0.487. The van der Waals surface area contributed by atoms with Crippen molar-refractivity contribution in [2.75, 3.05) is 12.3 Å². The number of hydrogen-bond acceptors (Lipinski definition) is 5. The number of nitrogens with zero attached hydrogens (tertiary/aromatic N) is 2. The van der Waals surface area contributed by atoms with Gasteiger partial charge in [0.25, 0.3) is 11.6 Å². The molecule has 0 bridgehead atoms. The van der Waals surface area contributed by atoms with Crippen LogP contribution in [0.15, 0.2) is 42.7 Å². The zero-order chi connectivity index (χ0) is 16.7.